The van der Waals surface area contributed by atoms with Gasteiger partial charge in [-0.05, 0) is 181 Å². The highest BCUT2D eigenvalue weighted by Crippen LogP contribution is 2.62. The van der Waals surface area contributed by atoms with E-state index in [1.54, 1.807) is 31.1 Å². The van der Waals surface area contributed by atoms with Crippen LogP contribution < -0.4 is 30.7 Å². The van der Waals surface area contributed by atoms with Gasteiger partial charge in [0.25, 0.3) is 11.8 Å². The van der Waals surface area contributed by atoms with Crippen molar-refractivity contribution in [3.8, 4) is 33.8 Å². The molecule has 13 rings (SSSR count). The molecule has 104 heavy (non-hydrogen) atoms. The lowest BCUT2D eigenvalue weighted by Gasteiger charge is -2.62. The van der Waals surface area contributed by atoms with Crippen LogP contribution in [0.3, 0.4) is 0 Å². The Hall–Kier alpha value is -6.82. The van der Waals surface area contributed by atoms with Gasteiger partial charge < -0.3 is 61.0 Å². The summed E-state index contributed by atoms with van der Waals surface area (Å²) in [5.74, 6) is 2.80. The molecule has 18 atom stereocenters. The van der Waals surface area contributed by atoms with Gasteiger partial charge in [0.2, 0.25) is 11.8 Å². The van der Waals surface area contributed by atoms with Gasteiger partial charge >= 0.3 is 0 Å². The number of nitrogens with one attached hydrogen (secondary N) is 4. The van der Waals surface area contributed by atoms with E-state index in [2.05, 4.69) is 98.6 Å². The topological polar surface area (TPSA) is 247 Å². The standard InChI is InChI=1S/C43H58N4O6.C41H62N4O6/c1-26-35-21-32(43(35,3)4)22-36(26)45-42(51)39-38(27(2)49)37(25-48)53-47(39)23-31-14-11-15-34(40(31)52-7)29-16-18-30(19-17-29)41(50)44-33(24-46(5)6)20-28-12-9-8-10-13-28;1-10-50-38-29(15-12-16-32(38)27-13-11-14-28(18-27)39(48)42-31(17-24(2)3)22-44(8)9)21-45-37(36(26(5)47)35(23-46)51-45)40(49)43-34-20-30-19-33(25(34)4)41(30,6)7/h8-19,26-27,32-33,35-39,48-49H,20-25H2,1-7H3,(H,44,50)(H,45,51);11-16,18,24-26,30-31,33-37,46-47H,10,17,19-23H2,1-9H3,(H,42,48)(H,43,49)/t26-,27-,32+,33-,35-,36-,37-,38+,39-;25-,26-,30+,31+,33-,34-,35-,36-,37-/m00/s1. The van der Waals surface area contributed by atoms with Crippen molar-refractivity contribution >= 4 is 23.6 Å². The zero-order chi connectivity index (χ0) is 75.2. The number of amides is 4. The predicted octanol–water partition coefficient (Wildman–Crippen LogP) is 10.0. The Labute approximate surface area is 618 Å². The van der Waals surface area contributed by atoms with E-state index >= 15 is 0 Å². The molecule has 8 aliphatic rings. The van der Waals surface area contributed by atoms with Crippen LogP contribution in [0.25, 0.3) is 22.3 Å². The van der Waals surface area contributed by atoms with Crippen molar-refractivity contribution in [2.45, 2.75) is 188 Å². The number of rotatable bonds is 29. The van der Waals surface area contributed by atoms with E-state index in [4.69, 9.17) is 19.1 Å². The molecule has 20 heteroatoms. The molecule has 4 bridgehead atoms. The third kappa shape index (κ3) is 17.7. The molecule has 568 valence electrons. The van der Waals surface area contributed by atoms with Gasteiger partial charge in [-0.1, -0.05) is 146 Å². The SMILES string of the molecule is CCOc1c(CN2O[C@@H](CO)[C@H]([C@H](C)O)[C@H]2C(=O)N[C@H]2C[C@H]3C[C@@H]([C@@H]2C)C3(C)C)cccc1-c1cccc(C(=O)N[C@H](CC(C)C)CN(C)C)c1.COc1c(CN2O[C@@H](CO)[C@@H]([C@H](C)O)[C@H]2C(=O)N[C@H]2C[C@H]3C[C@@H]([C@@H]2C)C3(C)C)cccc1-c1ccc(C(=O)N[C@@H](Cc2ccccc2)CN(C)C)cc1. The van der Waals surface area contributed by atoms with Crippen molar-refractivity contribution in [3.63, 3.8) is 0 Å². The Morgan fingerprint density at radius 2 is 1.06 bits per heavy atom. The summed E-state index contributed by atoms with van der Waals surface area (Å²) in [7, 11) is 9.64. The first-order valence-electron chi connectivity index (χ1n) is 38.1. The molecule has 8 N–H and O–H groups in total. The largest absolute Gasteiger partial charge is 0.496 e. The van der Waals surface area contributed by atoms with Crippen molar-refractivity contribution < 1.29 is 58.8 Å². The monoisotopic (exact) mass is 1430 g/mol. The molecule has 2 heterocycles. The second-order valence-electron chi connectivity index (χ2n) is 33.0. The molecule has 8 fully saturated rings. The summed E-state index contributed by atoms with van der Waals surface area (Å²) < 4.78 is 12.3. The van der Waals surface area contributed by atoms with Crippen LogP contribution in [-0.4, -0.2) is 193 Å². The normalized spacial score (nSPS) is 27.9. The first kappa shape index (κ1) is 79.7. The van der Waals surface area contributed by atoms with Crippen LogP contribution in [0.4, 0.5) is 0 Å². The first-order chi connectivity index (χ1) is 49.5. The van der Waals surface area contributed by atoms with Crippen molar-refractivity contribution in [1.82, 2.24) is 41.2 Å². The van der Waals surface area contributed by atoms with Crippen LogP contribution in [-0.2, 0) is 38.8 Å². The van der Waals surface area contributed by atoms with E-state index in [1.807, 2.05) is 138 Å². The molecular weight excluding hydrogens is 1310 g/mol. The molecule has 0 unspecified atom stereocenters. The smallest absolute Gasteiger partial charge is 0.251 e. The van der Waals surface area contributed by atoms with Crippen LogP contribution in [0.5, 0.6) is 11.5 Å². The highest BCUT2D eigenvalue weighted by Gasteiger charge is 2.59. The van der Waals surface area contributed by atoms with Gasteiger partial charge in [0, 0.05) is 82.5 Å². The molecule has 0 aromatic heterocycles. The minimum absolute atomic E-state index is 0.0242. The summed E-state index contributed by atoms with van der Waals surface area (Å²) in [5, 5.41) is 58.8. The average molecular weight is 1430 g/mol. The van der Waals surface area contributed by atoms with Crippen molar-refractivity contribution in [3.05, 3.63) is 143 Å². The summed E-state index contributed by atoms with van der Waals surface area (Å²) in [6.45, 7) is 25.0. The quantitative estimate of drug-likeness (QED) is 0.0222. The van der Waals surface area contributed by atoms with E-state index in [-0.39, 0.29) is 74.1 Å². The fourth-order valence-corrected chi connectivity index (χ4v) is 18.6. The molecule has 6 aliphatic carbocycles. The second-order valence-corrected chi connectivity index (χ2v) is 33.0. The van der Waals surface area contributed by atoms with Gasteiger partial charge in [-0.15, -0.1) is 0 Å². The number of ether oxygens (including phenoxy) is 2. The second kappa shape index (κ2) is 34.4. The number of nitrogens with zero attached hydrogens (tertiary/aromatic N) is 4. The summed E-state index contributed by atoms with van der Waals surface area (Å²) >= 11 is 0. The highest BCUT2D eigenvalue weighted by atomic mass is 16.7. The summed E-state index contributed by atoms with van der Waals surface area (Å²) in [6, 6.07) is 35.4. The number of fused-ring (bicyclic) bond motifs is 4. The van der Waals surface area contributed by atoms with E-state index in [9.17, 15) is 39.6 Å². The van der Waals surface area contributed by atoms with Crippen LogP contribution in [0.1, 0.15) is 146 Å². The zero-order valence-corrected chi connectivity index (χ0v) is 64.5. The maximum absolute atomic E-state index is 14.2. The summed E-state index contributed by atoms with van der Waals surface area (Å²) in [4.78, 5) is 72.0. The van der Waals surface area contributed by atoms with Crippen LogP contribution in [0.2, 0.25) is 0 Å². The molecule has 6 saturated carbocycles. The van der Waals surface area contributed by atoms with Gasteiger partial charge in [0.1, 0.15) is 35.8 Å². The van der Waals surface area contributed by atoms with Gasteiger partial charge in [0.05, 0.1) is 52.2 Å². The van der Waals surface area contributed by atoms with E-state index in [1.165, 1.54) is 18.4 Å². The summed E-state index contributed by atoms with van der Waals surface area (Å²) in [5.41, 5.74) is 7.81. The zero-order valence-electron chi connectivity index (χ0n) is 64.5. The number of carbonyl (C=O) groups excluding carboxylic acids is 4. The Morgan fingerprint density at radius 1 is 0.587 bits per heavy atom. The lowest BCUT2D eigenvalue weighted by atomic mass is 9.45. The highest BCUT2D eigenvalue weighted by molar-refractivity contribution is 5.96. The minimum atomic E-state index is -0.886. The fourth-order valence-electron chi connectivity index (χ4n) is 18.6. The molecule has 5 aromatic rings. The minimum Gasteiger partial charge on any atom is -0.496 e. The number of methoxy groups -OCH3 is 1. The van der Waals surface area contributed by atoms with Gasteiger partial charge in [-0.2, -0.15) is 10.1 Å². The van der Waals surface area contributed by atoms with Crippen LogP contribution >= 0.6 is 0 Å². The summed E-state index contributed by atoms with van der Waals surface area (Å²) in [6.07, 6.45) is 2.66. The van der Waals surface area contributed by atoms with Crippen molar-refractivity contribution in [2.75, 3.05) is 68.2 Å². The lowest BCUT2D eigenvalue weighted by Crippen LogP contribution is -2.62. The van der Waals surface area contributed by atoms with Crippen LogP contribution in [0, 0.1) is 64.1 Å². The van der Waals surface area contributed by atoms with E-state index < -0.39 is 48.3 Å². The molecule has 5 aromatic carbocycles. The lowest BCUT2D eigenvalue weighted by molar-refractivity contribution is -0.183. The average Bonchev–Trinajstić information content (AvgIpc) is 0.995. The molecular formula is C84H120N8O12. The number of para-hydroxylation sites is 2. The third-order valence-corrected chi connectivity index (χ3v) is 24.3. The van der Waals surface area contributed by atoms with Gasteiger partial charge in [0.15, 0.2) is 0 Å². The predicted molar refractivity (Wildman–Crippen MR) is 406 cm³/mol. The maximum Gasteiger partial charge on any atom is 0.251 e. The Kier molecular flexibility index (Phi) is 26.4. The maximum atomic E-state index is 14.2. The Balaban J connectivity index is 0.000000223. The first-order valence-corrected chi connectivity index (χ1v) is 38.1. The van der Waals surface area contributed by atoms with Crippen molar-refractivity contribution in [1.29, 1.82) is 0 Å². The number of hydrogen-bond donors (Lipinski definition) is 8. The van der Waals surface area contributed by atoms with Gasteiger partial charge in [-0.3, -0.25) is 28.9 Å². The molecule has 20 nitrogen and oxygen atoms in total. The molecule has 2 saturated heterocycles. The molecule has 4 amide bonds. The number of likely N-dealkylation sites (N-methyl/N-ethyl adjacent to an activating group) is 2. The molecule has 2 aliphatic heterocycles. The van der Waals surface area contributed by atoms with Gasteiger partial charge in [-0.25, -0.2) is 0 Å². The number of benzene rings is 5. The Bertz CT molecular complexity index is 3690. The van der Waals surface area contributed by atoms with E-state index in [0.717, 1.165) is 65.6 Å². The Morgan fingerprint density at radius 3 is 1.51 bits per heavy atom. The van der Waals surface area contributed by atoms with E-state index in [0.29, 0.717) is 88.0 Å². The number of hydroxylamine groups is 4. The fraction of sp³-hybridized carbons (Fsp3) is 0.595. The van der Waals surface area contributed by atoms with Crippen molar-refractivity contribution in [2.24, 2.45) is 64.1 Å². The number of aliphatic hydroxyl groups is 4. The third-order valence-electron chi connectivity index (χ3n) is 24.3. The van der Waals surface area contributed by atoms with Crippen LogP contribution in [0.15, 0.2) is 115 Å². The number of hydrogen-bond acceptors (Lipinski definition) is 16. The molecule has 0 radical (unpaired) electrons. The number of carbonyl (C=O) groups is 4. The number of aliphatic hydroxyl groups excluding tert-OH is 4. The molecule has 0 spiro atoms.